The first kappa shape index (κ1) is 19.8. The standard InChI is InChI=1S/C25H22N4O3/c30-24(27-17-18-8-12-28-15-11-26-23(28)16-18)22-7-6-21(32-22)19-9-13-29(14-10-19)25(31)20-4-2-1-3-5-20/h1-9,11-12,15-16H,10,13-14,17H2,(H,27,30). The molecule has 0 fully saturated rings. The molecule has 1 N–H and O–H groups in total. The number of hydrogen-bond acceptors (Lipinski definition) is 4. The number of rotatable bonds is 5. The Bertz CT molecular complexity index is 1300. The molecule has 32 heavy (non-hydrogen) atoms. The fraction of sp³-hybridized carbons (Fsp3) is 0.160. The zero-order valence-electron chi connectivity index (χ0n) is 17.4. The molecule has 4 heterocycles. The van der Waals surface area contributed by atoms with Crippen LogP contribution in [0.5, 0.6) is 0 Å². The molecule has 0 saturated carbocycles. The number of nitrogens with zero attached hydrogens (tertiary/aromatic N) is 3. The highest BCUT2D eigenvalue weighted by molar-refractivity contribution is 5.95. The molecule has 160 valence electrons. The first-order chi connectivity index (χ1) is 15.7. The lowest BCUT2D eigenvalue weighted by molar-refractivity contribution is 0.0772. The topological polar surface area (TPSA) is 79.9 Å². The molecule has 1 aliphatic heterocycles. The van der Waals surface area contributed by atoms with Crippen molar-refractivity contribution < 1.29 is 14.0 Å². The van der Waals surface area contributed by atoms with Gasteiger partial charge in [0.1, 0.15) is 11.4 Å². The Kier molecular flexibility index (Phi) is 5.29. The van der Waals surface area contributed by atoms with E-state index < -0.39 is 0 Å². The third kappa shape index (κ3) is 4.05. The van der Waals surface area contributed by atoms with Crippen LogP contribution < -0.4 is 5.32 Å². The van der Waals surface area contributed by atoms with Crippen LogP contribution in [0.4, 0.5) is 0 Å². The molecule has 3 aromatic heterocycles. The quantitative estimate of drug-likeness (QED) is 0.527. The van der Waals surface area contributed by atoms with Crippen molar-refractivity contribution in [3.8, 4) is 0 Å². The number of pyridine rings is 1. The zero-order chi connectivity index (χ0) is 21.9. The summed E-state index contributed by atoms with van der Waals surface area (Å²) < 4.78 is 7.72. The second kappa shape index (κ2) is 8.55. The lowest BCUT2D eigenvalue weighted by Gasteiger charge is -2.26. The van der Waals surface area contributed by atoms with E-state index in [-0.39, 0.29) is 17.6 Å². The van der Waals surface area contributed by atoms with Gasteiger partial charge in [-0.3, -0.25) is 9.59 Å². The average Bonchev–Trinajstić information content (AvgIpc) is 3.52. The third-order valence-corrected chi connectivity index (χ3v) is 5.58. The third-order valence-electron chi connectivity index (χ3n) is 5.58. The van der Waals surface area contributed by atoms with Crippen molar-refractivity contribution in [3.63, 3.8) is 0 Å². The van der Waals surface area contributed by atoms with Crippen molar-refractivity contribution >= 4 is 23.0 Å². The molecule has 4 aromatic rings. The van der Waals surface area contributed by atoms with Gasteiger partial charge in [-0.15, -0.1) is 0 Å². The van der Waals surface area contributed by atoms with Gasteiger partial charge in [-0.1, -0.05) is 24.3 Å². The van der Waals surface area contributed by atoms with Crippen molar-refractivity contribution in [2.75, 3.05) is 13.1 Å². The van der Waals surface area contributed by atoms with Crippen molar-refractivity contribution in [2.45, 2.75) is 13.0 Å². The largest absolute Gasteiger partial charge is 0.451 e. The lowest BCUT2D eigenvalue weighted by atomic mass is 10.0. The Morgan fingerprint density at radius 3 is 2.75 bits per heavy atom. The van der Waals surface area contributed by atoms with E-state index in [1.54, 1.807) is 12.3 Å². The Balaban J connectivity index is 1.20. The molecule has 0 unspecified atom stereocenters. The van der Waals surface area contributed by atoms with E-state index in [1.165, 1.54) is 0 Å². The number of nitrogens with one attached hydrogen (secondary N) is 1. The minimum absolute atomic E-state index is 0.0222. The van der Waals surface area contributed by atoms with Crippen LogP contribution in [-0.2, 0) is 6.54 Å². The van der Waals surface area contributed by atoms with Crippen LogP contribution in [0.15, 0.2) is 83.7 Å². The maximum absolute atomic E-state index is 12.6. The maximum atomic E-state index is 12.6. The van der Waals surface area contributed by atoms with E-state index in [1.807, 2.05) is 76.3 Å². The predicted octanol–water partition coefficient (Wildman–Crippen LogP) is 3.79. The molecule has 0 spiro atoms. The molecule has 1 aromatic carbocycles. The molecule has 0 atom stereocenters. The molecular weight excluding hydrogens is 404 g/mol. The van der Waals surface area contributed by atoms with Crippen LogP contribution in [0.25, 0.3) is 11.2 Å². The average molecular weight is 426 g/mol. The number of carbonyl (C=O) groups is 2. The van der Waals surface area contributed by atoms with Crippen LogP contribution in [0.2, 0.25) is 0 Å². The second-order valence-electron chi connectivity index (χ2n) is 7.67. The van der Waals surface area contributed by atoms with Gasteiger partial charge in [0.2, 0.25) is 0 Å². The predicted molar refractivity (Wildman–Crippen MR) is 120 cm³/mol. The summed E-state index contributed by atoms with van der Waals surface area (Å²) in [4.78, 5) is 31.2. The number of benzene rings is 1. The minimum atomic E-state index is -0.267. The van der Waals surface area contributed by atoms with Crippen molar-refractivity contribution in [1.29, 1.82) is 0 Å². The van der Waals surface area contributed by atoms with E-state index in [0.29, 0.717) is 37.4 Å². The molecule has 7 nitrogen and oxygen atoms in total. The van der Waals surface area contributed by atoms with E-state index in [4.69, 9.17) is 4.42 Å². The van der Waals surface area contributed by atoms with E-state index in [9.17, 15) is 9.59 Å². The van der Waals surface area contributed by atoms with Gasteiger partial charge in [-0.2, -0.15) is 0 Å². The number of fused-ring (bicyclic) bond motifs is 1. The van der Waals surface area contributed by atoms with Gasteiger partial charge in [0, 0.05) is 43.8 Å². The van der Waals surface area contributed by atoms with Gasteiger partial charge in [0.15, 0.2) is 5.76 Å². The summed E-state index contributed by atoms with van der Waals surface area (Å²) in [6.07, 6.45) is 8.19. The van der Waals surface area contributed by atoms with Crippen molar-refractivity contribution in [3.05, 3.63) is 102 Å². The Morgan fingerprint density at radius 2 is 1.94 bits per heavy atom. The molecule has 0 aliphatic carbocycles. The minimum Gasteiger partial charge on any atom is -0.451 e. The fourth-order valence-electron chi connectivity index (χ4n) is 3.81. The van der Waals surface area contributed by atoms with Crippen LogP contribution in [-0.4, -0.2) is 39.2 Å². The number of aromatic nitrogens is 2. The highest BCUT2D eigenvalue weighted by atomic mass is 16.4. The van der Waals surface area contributed by atoms with Crippen LogP contribution in [0.1, 0.15) is 38.7 Å². The van der Waals surface area contributed by atoms with Gasteiger partial charge >= 0.3 is 0 Å². The van der Waals surface area contributed by atoms with Gasteiger partial charge in [-0.05, 0) is 54.0 Å². The SMILES string of the molecule is O=C(NCc1ccn2ccnc2c1)c1ccc(C2=CCN(C(=O)c3ccccc3)CC2)o1. The summed E-state index contributed by atoms with van der Waals surface area (Å²) in [5.74, 6) is 0.692. The zero-order valence-corrected chi connectivity index (χ0v) is 17.4. The summed E-state index contributed by atoms with van der Waals surface area (Å²) in [5.41, 5.74) is 3.49. The van der Waals surface area contributed by atoms with Gasteiger partial charge < -0.3 is 19.0 Å². The number of imidazole rings is 1. The van der Waals surface area contributed by atoms with E-state index in [2.05, 4.69) is 10.3 Å². The molecule has 1 aliphatic rings. The molecule has 7 heteroatoms. The Morgan fingerprint density at radius 1 is 1.06 bits per heavy atom. The normalized spacial score (nSPS) is 13.8. The number of carbonyl (C=O) groups excluding carboxylic acids is 2. The highest BCUT2D eigenvalue weighted by Crippen LogP contribution is 2.25. The molecular formula is C25H22N4O3. The summed E-state index contributed by atoms with van der Waals surface area (Å²) >= 11 is 0. The van der Waals surface area contributed by atoms with Crippen LogP contribution in [0, 0.1) is 0 Å². The van der Waals surface area contributed by atoms with Gasteiger partial charge in [0.25, 0.3) is 11.8 Å². The first-order valence-corrected chi connectivity index (χ1v) is 10.5. The van der Waals surface area contributed by atoms with Gasteiger partial charge in [0.05, 0.1) is 0 Å². The van der Waals surface area contributed by atoms with Crippen LogP contribution in [0.3, 0.4) is 0 Å². The first-order valence-electron chi connectivity index (χ1n) is 10.5. The number of amides is 2. The summed E-state index contributed by atoms with van der Waals surface area (Å²) in [7, 11) is 0. The van der Waals surface area contributed by atoms with E-state index in [0.717, 1.165) is 16.8 Å². The molecule has 2 amide bonds. The summed E-state index contributed by atoms with van der Waals surface area (Å²) in [6.45, 7) is 1.51. The monoisotopic (exact) mass is 426 g/mol. The van der Waals surface area contributed by atoms with Gasteiger partial charge in [-0.25, -0.2) is 4.98 Å². The summed E-state index contributed by atoms with van der Waals surface area (Å²) in [5, 5.41) is 2.89. The van der Waals surface area contributed by atoms with Crippen molar-refractivity contribution in [2.24, 2.45) is 0 Å². The number of furan rings is 1. The Hall–Kier alpha value is -4.13. The molecule has 0 bridgehead atoms. The number of hydrogen-bond donors (Lipinski definition) is 1. The molecule has 5 rings (SSSR count). The highest BCUT2D eigenvalue weighted by Gasteiger charge is 2.21. The maximum Gasteiger partial charge on any atom is 0.287 e. The van der Waals surface area contributed by atoms with Crippen LogP contribution >= 0.6 is 0 Å². The molecule has 0 radical (unpaired) electrons. The molecule has 0 saturated heterocycles. The smallest absolute Gasteiger partial charge is 0.287 e. The summed E-state index contributed by atoms with van der Waals surface area (Å²) in [6, 6.07) is 16.7. The fourth-order valence-corrected chi connectivity index (χ4v) is 3.81. The van der Waals surface area contributed by atoms with Crippen molar-refractivity contribution in [1.82, 2.24) is 19.6 Å². The second-order valence-corrected chi connectivity index (χ2v) is 7.67. The lowest BCUT2D eigenvalue weighted by Crippen LogP contribution is -2.34. The van der Waals surface area contributed by atoms with E-state index >= 15 is 0 Å². The Labute approximate surface area is 185 Å².